The summed E-state index contributed by atoms with van der Waals surface area (Å²) in [4.78, 5) is 4.26. The maximum absolute atomic E-state index is 5.52. The third-order valence-corrected chi connectivity index (χ3v) is 1.73. The molecule has 0 aromatic heterocycles. The van der Waals surface area contributed by atoms with E-state index in [0.29, 0.717) is 5.88 Å². The number of para-hydroxylation sites is 1. The summed E-state index contributed by atoms with van der Waals surface area (Å²) >= 11 is 5.52. The summed E-state index contributed by atoms with van der Waals surface area (Å²) in [5, 5.41) is 0. The van der Waals surface area contributed by atoms with Gasteiger partial charge in [0.2, 0.25) is 0 Å². The van der Waals surface area contributed by atoms with Crippen molar-refractivity contribution in [2.45, 2.75) is 12.8 Å². The summed E-state index contributed by atoms with van der Waals surface area (Å²) in [6, 6.07) is 9.91. The Balaban J connectivity index is 2.36. The summed E-state index contributed by atoms with van der Waals surface area (Å²) in [6.07, 6.45) is 3.87. The lowest BCUT2D eigenvalue weighted by atomic mass is 10.3. The van der Waals surface area contributed by atoms with E-state index < -0.39 is 0 Å². The molecule has 0 spiro atoms. The fraction of sp³-hybridized carbons (Fsp3) is 0.300. The highest BCUT2D eigenvalue weighted by atomic mass is 35.5. The average Bonchev–Trinajstić information content (AvgIpc) is 2.14. The number of alkyl halides is 1. The first kappa shape index (κ1) is 9.27. The van der Waals surface area contributed by atoms with Crippen LogP contribution >= 0.6 is 11.6 Å². The van der Waals surface area contributed by atoms with Gasteiger partial charge in [0.05, 0.1) is 5.69 Å². The van der Waals surface area contributed by atoms with Crippen LogP contribution in [0.4, 0.5) is 5.69 Å². The molecule has 1 aromatic rings. The Hall–Kier alpha value is -0.820. The van der Waals surface area contributed by atoms with Crippen molar-refractivity contribution in [3.63, 3.8) is 0 Å². The highest BCUT2D eigenvalue weighted by molar-refractivity contribution is 6.17. The Morgan fingerprint density at radius 3 is 2.67 bits per heavy atom. The highest BCUT2D eigenvalue weighted by Crippen LogP contribution is 2.08. The normalized spacial score (nSPS) is 10.8. The Labute approximate surface area is 78.1 Å². The molecule has 2 heteroatoms. The molecule has 0 bridgehead atoms. The van der Waals surface area contributed by atoms with Crippen LogP contribution in [0.2, 0.25) is 0 Å². The van der Waals surface area contributed by atoms with Crippen LogP contribution in [0.5, 0.6) is 0 Å². The molecule has 0 atom stereocenters. The molecule has 1 rings (SSSR count). The quantitative estimate of drug-likeness (QED) is 0.384. The van der Waals surface area contributed by atoms with Crippen molar-refractivity contribution in [2.75, 3.05) is 5.88 Å². The highest BCUT2D eigenvalue weighted by Gasteiger charge is 1.83. The van der Waals surface area contributed by atoms with Gasteiger partial charge in [-0.3, -0.25) is 4.99 Å². The Morgan fingerprint density at radius 1 is 1.25 bits per heavy atom. The summed E-state index contributed by atoms with van der Waals surface area (Å²) < 4.78 is 0. The summed E-state index contributed by atoms with van der Waals surface area (Å²) in [7, 11) is 0. The van der Waals surface area contributed by atoms with Gasteiger partial charge in [-0.05, 0) is 25.0 Å². The van der Waals surface area contributed by atoms with Crippen LogP contribution in [0.25, 0.3) is 0 Å². The van der Waals surface area contributed by atoms with E-state index in [9.17, 15) is 0 Å². The van der Waals surface area contributed by atoms with Crippen LogP contribution in [0.3, 0.4) is 0 Å². The van der Waals surface area contributed by atoms with Crippen LogP contribution in [-0.2, 0) is 0 Å². The van der Waals surface area contributed by atoms with Crippen molar-refractivity contribution < 1.29 is 0 Å². The molecule has 0 unspecified atom stereocenters. The molecular formula is C10H12ClN. The van der Waals surface area contributed by atoms with E-state index >= 15 is 0 Å². The zero-order valence-electron chi connectivity index (χ0n) is 6.91. The minimum atomic E-state index is 0.709. The van der Waals surface area contributed by atoms with E-state index in [1.54, 1.807) is 0 Å². The molecule has 1 aromatic carbocycles. The molecule has 0 radical (unpaired) electrons. The van der Waals surface area contributed by atoms with E-state index in [1.165, 1.54) is 0 Å². The maximum Gasteiger partial charge on any atom is 0.0625 e. The van der Waals surface area contributed by atoms with E-state index in [2.05, 4.69) is 4.99 Å². The minimum Gasteiger partial charge on any atom is -0.261 e. The molecule has 0 aliphatic rings. The third-order valence-electron chi connectivity index (χ3n) is 1.46. The number of unbranched alkanes of at least 4 members (excludes halogenated alkanes) is 1. The van der Waals surface area contributed by atoms with E-state index in [0.717, 1.165) is 18.5 Å². The van der Waals surface area contributed by atoms with Gasteiger partial charge in [0.25, 0.3) is 0 Å². The van der Waals surface area contributed by atoms with Crippen molar-refractivity contribution >= 4 is 23.5 Å². The predicted molar refractivity (Wildman–Crippen MR) is 54.5 cm³/mol. The first-order chi connectivity index (χ1) is 5.93. The second kappa shape index (κ2) is 5.78. The van der Waals surface area contributed by atoms with Crippen molar-refractivity contribution in [3.8, 4) is 0 Å². The summed E-state index contributed by atoms with van der Waals surface area (Å²) in [5.74, 6) is 0.709. The van der Waals surface area contributed by atoms with Crippen LogP contribution in [0, 0.1) is 0 Å². The lowest BCUT2D eigenvalue weighted by Crippen LogP contribution is -1.76. The maximum atomic E-state index is 5.52. The Kier molecular flexibility index (Phi) is 4.47. The zero-order chi connectivity index (χ0) is 8.65. The van der Waals surface area contributed by atoms with Gasteiger partial charge in [0.1, 0.15) is 0 Å². The van der Waals surface area contributed by atoms with Gasteiger partial charge >= 0.3 is 0 Å². The van der Waals surface area contributed by atoms with Gasteiger partial charge < -0.3 is 0 Å². The van der Waals surface area contributed by atoms with Gasteiger partial charge in [-0.25, -0.2) is 0 Å². The largest absolute Gasteiger partial charge is 0.261 e. The predicted octanol–water partition coefficient (Wildman–Crippen LogP) is 3.41. The number of halogens is 1. The molecule has 0 saturated carbocycles. The van der Waals surface area contributed by atoms with Crippen molar-refractivity contribution in [1.82, 2.24) is 0 Å². The number of benzene rings is 1. The number of aliphatic imine (C=N–C) groups is 1. The van der Waals surface area contributed by atoms with E-state index in [-0.39, 0.29) is 0 Å². The number of rotatable bonds is 4. The summed E-state index contributed by atoms with van der Waals surface area (Å²) in [6.45, 7) is 0. The monoisotopic (exact) mass is 181 g/mol. The smallest absolute Gasteiger partial charge is 0.0625 e. The second-order valence-corrected chi connectivity index (χ2v) is 2.86. The molecule has 0 saturated heterocycles. The third kappa shape index (κ3) is 3.54. The SMILES string of the molecule is ClCCC/C=N\c1ccccc1. The average molecular weight is 182 g/mol. The number of hydrogen-bond acceptors (Lipinski definition) is 1. The Morgan fingerprint density at radius 2 is 2.00 bits per heavy atom. The molecule has 64 valence electrons. The molecular weight excluding hydrogens is 170 g/mol. The molecule has 12 heavy (non-hydrogen) atoms. The van der Waals surface area contributed by atoms with Crippen LogP contribution in [0.15, 0.2) is 35.3 Å². The van der Waals surface area contributed by atoms with Gasteiger partial charge in [-0.1, -0.05) is 18.2 Å². The first-order valence-electron chi connectivity index (χ1n) is 4.07. The van der Waals surface area contributed by atoms with Gasteiger partial charge in [-0.2, -0.15) is 0 Å². The fourth-order valence-corrected chi connectivity index (χ4v) is 1.01. The lowest BCUT2D eigenvalue weighted by molar-refractivity contribution is 1.02. The summed E-state index contributed by atoms with van der Waals surface area (Å²) in [5.41, 5.74) is 1.01. The Bertz CT molecular complexity index is 231. The number of nitrogens with zero attached hydrogens (tertiary/aromatic N) is 1. The minimum absolute atomic E-state index is 0.709. The van der Waals surface area contributed by atoms with Crippen LogP contribution in [0.1, 0.15) is 12.8 Å². The van der Waals surface area contributed by atoms with Gasteiger partial charge in [0.15, 0.2) is 0 Å². The standard InChI is InChI=1S/C10H12ClN/c11-8-4-5-9-12-10-6-2-1-3-7-10/h1-3,6-7,9H,4-5,8H2/b12-9-. The fourth-order valence-electron chi connectivity index (χ4n) is 0.852. The van der Waals surface area contributed by atoms with Gasteiger partial charge in [0, 0.05) is 12.1 Å². The molecule has 1 nitrogen and oxygen atoms in total. The number of hydrogen-bond donors (Lipinski definition) is 0. The zero-order valence-corrected chi connectivity index (χ0v) is 7.67. The van der Waals surface area contributed by atoms with Crippen molar-refractivity contribution in [3.05, 3.63) is 30.3 Å². The lowest BCUT2D eigenvalue weighted by Gasteiger charge is -1.90. The topological polar surface area (TPSA) is 12.4 Å². The van der Waals surface area contributed by atoms with Crippen LogP contribution < -0.4 is 0 Å². The molecule has 0 aliphatic heterocycles. The van der Waals surface area contributed by atoms with E-state index in [4.69, 9.17) is 11.6 Å². The second-order valence-electron chi connectivity index (χ2n) is 2.48. The van der Waals surface area contributed by atoms with Crippen molar-refractivity contribution in [1.29, 1.82) is 0 Å². The van der Waals surface area contributed by atoms with Crippen molar-refractivity contribution in [2.24, 2.45) is 4.99 Å². The first-order valence-corrected chi connectivity index (χ1v) is 4.60. The van der Waals surface area contributed by atoms with E-state index in [1.807, 2.05) is 36.5 Å². The molecule has 0 heterocycles. The molecule has 0 fully saturated rings. The molecule has 0 amide bonds. The molecule has 0 N–H and O–H groups in total. The van der Waals surface area contributed by atoms with Crippen LogP contribution in [-0.4, -0.2) is 12.1 Å². The van der Waals surface area contributed by atoms with Gasteiger partial charge in [-0.15, -0.1) is 11.6 Å². The molecule has 0 aliphatic carbocycles.